The van der Waals surface area contributed by atoms with E-state index in [4.69, 9.17) is 16.6 Å². The molecule has 1 aliphatic rings. The van der Waals surface area contributed by atoms with Crippen molar-refractivity contribution in [2.45, 2.75) is 45.7 Å². The molecule has 1 aromatic carbocycles. The minimum atomic E-state index is -0.0681. The van der Waals surface area contributed by atoms with Crippen LogP contribution in [-0.4, -0.2) is 9.97 Å². The summed E-state index contributed by atoms with van der Waals surface area (Å²) in [5.74, 6) is 1.37. The lowest BCUT2D eigenvalue weighted by molar-refractivity contribution is 0.509. The Balaban J connectivity index is 1.61. The van der Waals surface area contributed by atoms with Gasteiger partial charge in [0.2, 0.25) is 0 Å². The highest BCUT2D eigenvalue weighted by molar-refractivity contribution is 7.18. The Kier molecular flexibility index (Phi) is 4.86. The van der Waals surface area contributed by atoms with Gasteiger partial charge in [-0.2, -0.15) is 0 Å². The van der Waals surface area contributed by atoms with Crippen molar-refractivity contribution in [2.75, 3.05) is 0 Å². The summed E-state index contributed by atoms with van der Waals surface area (Å²) >= 11 is 7.90. The molecule has 1 aliphatic carbocycles. The van der Waals surface area contributed by atoms with E-state index in [2.05, 4.69) is 17.2 Å². The van der Waals surface area contributed by atoms with E-state index in [0.717, 1.165) is 40.1 Å². The van der Waals surface area contributed by atoms with Crippen molar-refractivity contribution in [2.24, 2.45) is 5.92 Å². The zero-order chi connectivity index (χ0) is 18.3. The molecule has 0 aliphatic heterocycles. The Hall–Kier alpha value is -1.69. The van der Waals surface area contributed by atoms with E-state index in [0.29, 0.717) is 18.3 Å². The summed E-state index contributed by atoms with van der Waals surface area (Å²) < 4.78 is 0. The molecule has 2 N–H and O–H groups in total. The molecule has 0 saturated carbocycles. The molecule has 4 nitrogen and oxygen atoms in total. The first-order chi connectivity index (χ1) is 12.5. The number of hydrogen-bond donors (Lipinski definition) is 2. The van der Waals surface area contributed by atoms with Crippen LogP contribution < -0.4 is 10.9 Å². The van der Waals surface area contributed by atoms with Gasteiger partial charge in [-0.3, -0.25) is 4.79 Å². The van der Waals surface area contributed by atoms with E-state index < -0.39 is 0 Å². The lowest BCUT2D eigenvalue weighted by Crippen LogP contribution is -2.23. The van der Waals surface area contributed by atoms with Crippen molar-refractivity contribution in [1.82, 2.24) is 15.3 Å². The molecule has 4 rings (SSSR count). The molecule has 0 radical (unpaired) electrons. The Morgan fingerprint density at radius 1 is 1.42 bits per heavy atom. The van der Waals surface area contributed by atoms with Crippen LogP contribution in [0.25, 0.3) is 10.2 Å². The molecule has 136 valence electrons. The Morgan fingerprint density at radius 2 is 2.23 bits per heavy atom. The van der Waals surface area contributed by atoms with Gasteiger partial charge in [-0.25, -0.2) is 4.98 Å². The van der Waals surface area contributed by atoms with Gasteiger partial charge in [-0.15, -0.1) is 11.3 Å². The number of fused-ring (bicyclic) bond motifs is 3. The molecule has 26 heavy (non-hydrogen) atoms. The van der Waals surface area contributed by atoms with E-state index >= 15 is 0 Å². The van der Waals surface area contributed by atoms with Gasteiger partial charge in [0.25, 0.3) is 5.56 Å². The van der Waals surface area contributed by atoms with Gasteiger partial charge >= 0.3 is 0 Å². The van der Waals surface area contributed by atoms with Gasteiger partial charge in [0.15, 0.2) is 0 Å². The van der Waals surface area contributed by atoms with E-state index in [1.54, 1.807) is 11.3 Å². The summed E-state index contributed by atoms with van der Waals surface area (Å²) in [5, 5.41) is 4.95. The maximum absolute atomic E-state index is 12.7. The van der Waals surface area contributed by atoms with Crippen molar-refractivity contribution in [3.8, 4) is 0 Å². The third kappa shape index (κ3) is 3.31. The molecular formula is C20H22ClN3OS. The lowest BCUT2D eigenvalue weighted by atomic mass is 9.89. The molecule has 3 aromatic rings. The smallest absolute Gasteiger partial charge is 0.259 e. The minimum absolute atomic E-state index is 0.0107. The van der Waals surface area contributed by atoms with Gasteiger partial charge in [0.05, 0.1) is 11.4 Å². The predicted octanol–water partition coefficient (Wildman–Crippen LogP) is 4.61. The molecule has 0 amide bonds. The third-order valence-corrected chi connectivity index (χ3v) is 6.67. The van der Waals surface area contributed by atoms with Crippen LogP contribution in [0.2, 0.25) is 5.02 Å². The Bertz CT molecular complexity index is 1010. The summed E-state index contributed by atoms with van der Waals surface area (Å²) in [6.07, 6.45) is 3.20. The number of halogens is 1. The first-order valence-electron chi connectivity index (χ1n) is 9.04. The van der Waals surface area contributed by atoms with E-state index in [-0.39, 0.29) is 11.6 Å². The zero-order valence-corrected chi connectivity index (χ0v) is 16.5. The van der Waals surface area contributed by atoms with Crippen LogP contribution in [0.15, 0.2) is 29.1 Å². The maximum Gasteiger partial charge on any atom is 0.259 e. The van der Waals surface area contributed by atoms with Crippen molar-refractivity contribution in [1.29, 1.82) is 0 Å². The largest absolute Gasteiger partial charge is 0.309 e. The van der Waals surface area contributed by atoms with E-state index in [9.17, 15) is 4.79 Å². The monoisotopic (exact) mass is 387 g/mol. The molecule has 0 bridgehead atoms. The van der Waals surface area contributed by atoms with Crippen LogP contribution in [0.3, 0.4) is 0 Å². The summed E-state index contributed by atoms with van der Waals surface area (Å²) in [4.78, 5) is 22.7. The van der Waals surface area contributed by atoms with Crippen LogP contribution >= 0.6 is 22.9 Å². The second-order valence-electron chi connectivity index (χ2n) is 7.18. The number of benzene rings is 1. The van der Waals surface area contributed by atoms with Crippen molar-refractivity contribution < 1.29 is 0 Å². The number of H-pyrrole nitrogens is 1. The van der Waals surface area contributed by atoms with Crippen LogP contribution in [0.4, 0.5) is 0 Å². The number of rotatable bonds is 4. The molecule has 2 aromatic heterocycles. The van der Waals surface area contributed by atoms with Crippen LogP contribution in [0, 0.1) is 5.92 Å². The third-order valence-electron chi connectivity index (χ3n) is 5.15. The molecule has 2 atom stereocenters. The zero-order valence-electron chi connectivity index (χ0n) is 14.9. The average Bonchev–Trinajstić information content (AvgIpc) is 2.98. The number of aromatic nitrogens is 2. The first-order valence-corrected chi connectivity index (χ1v) is 10.2. The van der Waals surface area contributed by atoms with Crippen LogP contribution in [0.1, 0.15) is 48.1 Å². The van der Waals surface area contributed by atoms with Crippen LogP contribution in [-0.2, 0) is 19.4 Å². The quantitative estimate of drug-likeness (QED) is 0.687. The summed E-state index contributed by atoms with van der Waals surface area (Å²) in [7, 11) is 0. The number of nitrogens with zero attached hydrogens (tertiary/aromatic N) is 1. The van der Waals surface area contributed by atoms with Gasteiger partial charge < -0.3 is 10.3 Å². The fourth-order valence-electron chi connectivity index (χ4n) is 3.57. The Labute approximate surface area is 161 Å². The minimum Gasteiger partial charge on any atom is -0.309 e. The van der Waals surface area contributed by atoms with Crippen LogP contribution in [0.5, 0.6) is 0 Å². The summed E-state index contributed by atoms with van der Waals surface area (Å²) in [5.41, 5.74) is 2.24. The Morgan fingerprint density at radius 3 is 3.04 bits per heavy atom. The normalized spacial score (nSPS) is 18.0. The standard InChI is InChI=1S/C20H22ClN3OS/c1-11-7-8-14-16(9-11)26-20-17(14)19(25)23-18(24-20)12(2)22-10-13-5-3-4-6-15(13)21/h3-6,11-12,22H,7-10H2,1-2H3,(H,23,24,25)/t11-,12+/m1/s1. The molecular weight excluding hydrogens is 366 g/mol. The average molecular weight is 388 g/mol. The molecule has 0 spiro atoms. The molecule has 6 heteroatoms. The number of nitrogens with one attached hydrogen (secondary N) is 2. The van der Waals surface area contributed by atoms with Crippen molar-refractivity contribution >= 4 is 33.2 Å². The molecule has 2 heterocycles. The fraction of sp³-hybridized carbons (Fsp3) is 0.400. The van der Waals surface area contributed by atoms with Gasteiger partial charge in [-0.05, 0) is 49.3 Å². The number of thiophene rings is 1. The maximum atomic E-state index is 12.7. The highest BCUT2D eigenvalue weighted by Gasteiger charge is 2.23. The highest BCUT2D eigenvalue weighted by Crippen LogP contribution is 2.35. The number of aromatic amines is 1. The van der Waals surface area contributed by atoms with Crippen molar-refractivity contribution in [3.63, 3.8) is 0 Å². The topological polar surface area (TPSA) is 57.8 Å². The first kappa shape index (κ1) is 17.7. The second kappa shape index (κ2) is 7.14. The van der Waals surface area contributed by atoms with E-state index in [1.807, 2.05) is 31.2 Å². The predicted molar refractivity (Wildman–Crippen MR) is 108 cm³/mol. The molecule has 0 saturated heterocycles. The van der Waals surface area contributed by atoms with Crippen molar-refractivity contribution in [3.05, 3.63) is 61.5 Å². The van der Waals surface area contributed by atoms with Gasteiger partial charge in [0, 0.05) is 16.4 Å². The summed E-state index contributed by atoms with van der Waals surface area (Å²) in [6.45, 7) is 4.91. The lowest BCUT2D eigenvalue weighted by Gasteiger charge is -2.17. The highest BCUT2D eigenvalue weighted by atomic mass is 35.5. The number of hydrogen-bond acceptors (Lipinski definition) is 4. The number of aryl methyl sites for hydroxylation is 1. The van der Waals surface area contributed by atoms with Gasteiger partial charge in [-0.1, -0.05) is 36.7 Å². The summed E-state index contributed by atoms with van der Waals surface area (Å²) in [6, 6.07) is 7.70. The van der Waals surface area contributed by atoms with Gasteiger partial charge in [0.1, 0.15) is 10.7 Å². The van der Waals surface area contributed by atoms with E-state index in [1.165, 1.54) is 10.4 Å². The molecule has 0 fully saturated rings. The SMILES string of the molecule is C[C@@H]1CCc2c(sc3nc([C@H](C)NCc4ccccc4Cl)[nH]c(=O)c23)C1. The second-order valence-corrected chi connectivity index (χ2v) is 8.67. The fourth-order valence-corrected chi connectivity index (χ4v) is 5.17. The molecule has 0 unspecified atom stereocenters.